The molecule has 3 rings (SSSR count). The van der Waals surface area contributed by atoms with Crippen LogP contribution in [-0.2, 0) is 9.59 Å². The van der Waals surface area contributed by atoms with Gasteiger partial charge in [-0.25, -0.2) is 0 Å². The molecule has 0 saturated carbocycles. The molecule has 1 aromatic carbocycles. The van der Waals surface area contributed by atoms with Crippen molar-refractivity contribution in [3.8, 4) is 0 Å². The molecule has 0 bridgehead atoms. The Morgan fingerprint density at radius 2 is 1.50 bits per heavy atom. The maximum Gasteiger partial charge on any atom is 0.227 e. The van der Waals surface area contributed by atoms with Crippen molar-refractivity contribution in [1.82, 2.24) is 9.80 Å². The van der Waals surface area contributed by atoms with E-state index in [1.54, 1.807) is 0 Å². The Balaban J connectivity index is 1.44. The van der Waals surface area contributed by atoms with Crippen molar-refractivity contribution in [2.24, 2.45) is 11.3 Å². The normalized spacial score (nSPS) is 20.2. The number of rotatable bonds is 3. The Hall–Kier alpha value is -1.88. The van der Waals surface area contributed by atoms with Crippen LogP contribution in [0.1, 0.15) is 52.0 Å². The lowest BCUT2D eigenvalue weighted by Crippen LogP contribution is -2.51. The molecule has 2 fully saturated rings. The van der Waals surface area contributed by atoms with Crippen LogP contribution in [0.5, 0.6) is 0 Å². The van der Waals surface area contributed by atoms with Gasteiger partial charge in [-0.2, -0.15) is 0 Å². The fraction of sp³-hybridized carbons (Fsp3) is 0.652. The van der Waals surface area contributed by atoms with Crippen LogP contribution < -0.4 is 5.32 Å². The van der Waals surface area contributed by atoms with Gasteiger partial charge < -0.3 is 15.1 Å². The zero-order chi connectivity index (χ0) is 20.3. The summed E-state index contributed by atoms with van der Waals surface area (Å²) in [6.45, 7) is 11.7. The number of benzene rings is 1. The maximum absolute atomic E-state index is 12.6. The molecule has 0 spiro atoms. The molecule has 2 aliphatic rings. The highest BCUT2D eigenvalue weighted by atomic mass is 16.2. The van der Waals surface area contributed by atoms with Crippen molar-refractivity contribution >= 4 is 17.5 Å². The SMILES string of the molecule is Cc1ccc(NC(=O)C2CCN(C3CCN(C(=O)C(C)(C)C)CC3)CC2)cc1. The van der Waals surface area contributed by atoms with Gasteiger partial charge in [-0.05, 0) is 57.8 Å². The summed E-state index contributed by atoms with van der Waals surface area (Å²) in [6.07, 6.45) is 3.92. The number of amides is 2. The number of carbonyl (C=O) groups excluding carboxylic acids is 2. The summed E-state index contributed by atoms with van der Waals surface area (Å²) in [7, 11) is 0. The Morgan fingerprint density at radius 1 is 0.929 bits per heavy atom. The number of carbonyl (C=O) groups is 2. The molecule has 0 unspecified atom stereocenters. The van der Waals surface area contributed by atoms with Crippen LogP contribution in [0.3, 0.4) is 0 Å². The van der Waals surface area contributed by atoms with E-state index in [9.17, 15) is 9.59 Å². The van der Waals surface area contributed by atoms with Gasteiger partial charge in [-0.3, -0.25) is 9.59 Å². The van der Waals surface area contributed by atoms with Crippen LogP contribution in [0.2, 0.25) is 0 Å². The summed E-state index contributed by atoms with van der Waals surface area (Å²) < 4.78 is 0. The van der Waals surface area contributed by atoms with Gasteiger partial charge in [0.05, 0.1) is 0 Å². The highest BCUT2D eigenvalue weighted by Crippen LogP contribution is 2.27. The van der Waals surface area contributed by atoms with Crippen LogP contribution in [-0.4, -0.2) is 53.8 Å². The Bertz CT molecular complexity index is 677. The largest absolute Gasteiger partial charge is 0.342 e. The third-order valence-corrected chi connectivity index (χ3v) is 6.13. The van der Waals surface area contributed by atoms with Crippen LogP contribution in [0.4, 0.5) is 5.69 Å². The van der Waals surface area contributed by atoms with Crippen LogP contribution in [0.25, 0.3) is 0 Å². The molecule has 0 atom stereocenters. The second-order valence-corrected chi connectivity index (χ2v) is 9.44. The quantitative estimate of drug-likeness (QED) is 0.863. The first-order chi connectivity index (χ1) is 13.2. The molecule has 1 aromatic rings. The van der Waals surface area contributed by atoms with E-state index >= 15 is 0 Å². The monoisotopic (exact) mass is 385 g/mol. The fourth-order valence-electron chi connectivity index (χ4n) is 4.32. The molecular weight excluding hydrogens is 350 g/mol. The number of aryl methyl sites for hydroxylation is 1. The summed E-state index contributed by atoms with van der Waals surface area (Å²) in [5.74, 6) is 0.506. The summed E-state index contributed by atoms with van der Waals surface area (Å²) >= 11 is 0. The van der Waals surface area contributed by atoms with Gasteiger partial charge in [0, 0.05) is 36.2 Å². The third kappa shape index (κ3) is 5.13. The van der Waals surface area contributed by atoms with Crippen molar-refractivity contribution in [2.45, 2.75) is 59.4 Å². The van der Waals surface area contributed by atoms with Crippen LogP contribution in [0.15, 0.2) is 24.3 Å². The van der Waals surface area contributed by atoms with Crippen LogP contribution >= 0.6 is 0 Å². The number of nitrogens with one attached hydrogen (secondary N) is 1. The molecule has 5 heteroatoms. The Morgan fingerprint density at radius 3 is 2.04 bits per heavy atom. The molecule has 2 aliphatic heterocycles. The zero-order valence-corrected chi connectivity index (χ0v) is 17.8. The average molecular weight is 386 g/mol. The Kier molecular flexibility index (Phi) is 6.43. The lowest BCUT2D eigenvalue weighted by Gasteiger charge is -2.42. The smallest absolute Gasteiger partial charge is 0.227 e. The van der Waals surface area contributed by atoms with Gasteiger partial charge in [-0.1, -0.05) is 38.5 Å². The summed E-state index contributed by atoms with van der Waals surface area (Å²) in [5, 5.41) is 3.06. The van der Waals surface area contributed by atoms with Crippen molar-refractivity contribution in [3.63, 3.8) is 0 Å². The molecule has 28 heavy (non-hydrogen) atoms. The number of anilines is 1. The minimum absolute atomic E-state index is 0.0973. The van der Waals surface area contributed by atoms with Crippen molar-refractivity contribution in [3.05, 3.63) is 29.8 Å². The molecule has 2 saturated heterocycles. The summed E-state index contributed by atoms with van der Waals surface area (Å²) in [6, 6.07) is 8.53. The van der Waals surface area contributed by atoms with Gasteiger partial charge in [0.1, 0.15) is 0 Å². The molecule has 2 amide bonds. The standard InChI is InChI=1S/C23H35N3O2/c1-17-5-7-19(8-6-17)24-21(27)18-9-13-25(14-10-18)20-11-15-26(16-12-20)22(28)23(2,3)4/h5-8,18,20H,9-16H2,1-4H3,(H,24,27). The fourth-order valence-corrected chi connectivity index (χ4v) is 4.32. The van der Waals surface area contributed by atoms with Crippen molar-refractivity contribution < 1.29 is 9.59 Å². The van der Waals surface area contributed by atoms with Gasteiger partial charge in [-0.15, -0.1) is 0 Å². The zero-order valence-electron chi connectivity index (χ0n) is 17.8. The molecule has 154 valence electrons. The predicted molar refractivity (Wildman–Crippen MR) is 113 cm³/mol. The molecule has 0 radical (unpaired) electrons. The molecule has 0 aliphatic carbocycles. The maximum atomic E-state index is 12.6. The molecule has 0 aromatic heterocycles. The predicted octanol–water partition coefficient (Wildman–Crippen LogP) is 3.68. The number of hydrogen-bond donors (Lipinski definition) is 1. The number of nitrogens with zero attached hydrogens (tertiary/aromatic N) is 2. The summed E-state index contributed by atoms with van der Waals surface area (Å²) in [5.41, 5.74) is 1.78. The average Bonchev–Trinajstić information content (AvgIpc) is 2.69. The van der Waals surface area contributed by atoms with E-state index in [2.05, 4.69) is 10.2 Å². The second kappa shape index (κ2) is 8.64. The molecule has 5 nitrogen and oxygen atoms in total. The number of piperidine rings is 2. The lowest BCUT2D eigenvalue weighted by molar-refractivity contribution is -0.141. The van der Waals surface area contributed by atoms with Gasteiger partial charge in [0.15, 0.2) is 0 Å². The minimum atomic E-state index is -0.296. The minimum Gasteiger partial charge on any atom is -0.342 e. The second-order valence-electron chi connectivity index (χ2n) is 9.44. The number of likely N-dealkylation sites (tertiary alicyclic amines) is 2. The summed E-state index contributed by atoms with van der Waals surface area (Å²) in [4.78, 5) is 29.6. The molecular formula is C23H35N3O2. The first-order valence-electron chi connectivity index (χ1n) is 10.6. The van der Waals surface area contributed by atoms with E-state index in [0.29, 0.717) is 6.04 Å². The van der Waals surface area contributed by atoms with E-state index in [-0.39, 0.29) is 23.1 Å². The lowest BCUT2D eigenvalue weighted by atomic mass is 9.91. The number of hydrogen-bond acceptors (Lipinski definition) is 3. The van der Waals surface area contributed by atoms with Gasteiger partial charge in [0.2, 0.25) is 11.8 Å². The highest BCUT2D eigenvalue weighted by molar-refractivity contribution is 5.92. The van der Waals surface area contributed by atoms with E-state index in [1.807, 2.05) is 56.9 Å². The van der Waals surface area contributed by atoms with E-state index < -0.39 is 0 Å². The first-order valence-corrected chi connectivity index (χ1v) is 10.6. The topological polar surface area (TPSA) is 52.7 Å². The van der Waals surface area contributed by atoms with E-state index in [4.69, 9.17) is 0 Å². The van der Waals surface area contributed by atoms with Crippen molar-refractivity contribution in [1.29, 1.82) is 0 Å². The van der Waals surface area contributed by atoms with Gasteiger partial charge in [0.25, 0.3) is 0 Å². The molecule has 2 heterocycles. The molecule has 1 N–H and O–H groups in total. The van der Waals surface area contributed by atoms with Gasteiger partial charge >= 0.3 is 0 Å². The third-order valence-electron chi connectivity index (χ3n) is 6.13. The van der Waals surface area contributed by atoms with E-state index in [0.717, 1.165) is 57.5 Å². The highest BCUT2D eigenvalue weighted by Gasteiger charge is 2.34. The van der Waals surface area contributed by atoms with E-state index in [1.165, 1.54) is 5.56 Å². The van der Waals surface area contributed by atoms with Crippen LogP contribution in [0, 0.1) is 18.3 Å². The Labute approximate surface area is 169 Å². The van der Waals surface area contributed by atoms with Crippen molar-refractivity contribution in [2.75, 3.05) is 31.5 Å². The first kappa shape index (κ1) is 20.8.